The smallest absolute Gasteiger partial charge is 0.250 e. The highest BCUT2D eigenvalue weighted by Crippen LogP contribution is 2.30. The highest BCUT2D eigenvalue weighted by atomic mass is 35.5. The van der Waals surface area contributed by atoms with Gasteiger partial charge in [0.05, 0.1) is 15.7 Å². The van der Waals surface area contributed by atoms with E-state index in [2.05, 4.69) is 20.7 Å². The zero-order valence-corrected chi connectivity index (χ0v) is 15.1. The van der Waals surface area contributed by atoms with E-state index in [0.29, 0.717) is 21.6 Å². The second-order valence-corrected chi connectivity index (χ2v) is 6.38. The minimum Gasteiger partial charge on any atom is -0.322 e. The van der Waals surface area contributed by atoms with Crippen LogP contribution >= 0.6 is 23.2 Å². The summed E-state index contributed by atoms with van der Waals surface area (Å²) in [4.78, 5) is 13.7. The van der Waals surface area contributed by atoms with Gasteiger partial charge in [0.1, 0.15) is 6.04 Å². The third kappa shape index (κ3) is 3.81. The number of aromatic nitrogens is 4. The molecular weight excluding hydrogens is 361 g/mol. The van der Waals surface area contributed by atoms with E-state index in [4.69, 9.17) is 23.2 Å². The van der Waals surface area contributed by atoms with E-state index in [1.54, 1.807) is 25.1 Å². The Kier molecular flexibility index (Phi) is 5.01. The molecule has 1 unspecified atom stereocenters. The molecule has 25 heavy (non-hydrogen) atoms. The summed E-state index contributed by atoms with van der Waals surface area (Å²) in [5.41, 5.74) is 2.33. The molecule has 0 radical (unpaired) electrons. The molecule has 0 saturated heterocycles. The lowest BCUT2D eigenvalue weighted by Gasteiger charge is -2.13. The fourth-order valence-corrected chi connectivity index (χ4v) is 2.65. The Hall–Kier alpha value is -2.44. The van der Waals surface area contributed by atoms with E-state index in [1.165, 1.54) is 4.80 Å². The second kappa shape index (κ2) is 7.21. The largest absolute Gasteiger partial charge is 0.322 e. The summed E-state index contributed by atoms with van der Waals surface area (Å²) in [6.07, 6.45) is 0. The summed E-state index contributed by atoms with van der Waals surface area (Å²) in [5, 5.41) is 15.7. The Morgan fingerprint density at radius 2 is 1.76 bits per heavy atom. The summed E-state index contributed by atoms with van der Waals surface area (Å²) in [5.74, 6) is 0.110. The molecule has 0 fully saturated rings. The van der Waals surface area contributed by atoms with Gasteiger partial charge in [0.2, 0.25) is 5.82 Å². The van der Waals surface area contributed by atoms with Crippen molar-refractivity contribution in [2.45, 2.75) is 19.9 Å². The van der Waals surface area contributed by atoms with Crippen LogP contribution in [0.25, 0.3) is 11.4 Å². The van der Waals surface area contributed by atoms with Crippen molar-refractivity contribution < 1.29 is 4.79 Å². The average Bonchev–Trinajstić information content (AvgIpc) is 3.08. The first-order valence-corrected chi connectivity index (χ1v) is 8.32. The van der Waals surface area contributed by atoms with Crippen molar-refractivity contribution in [3.8, 4) is 11.4 Å². The highest BCUT2D eigenvalue weighted by Gasteiger charge is 2.20. The molecule has 3 rings (SSSR count). The lowest BCUT2D eigenvalue weighted by atomic mass is 10.1. The predicted octanol–water partition coefficient (Wildman–Crippen LogP) is 4.16. The molecule has 1 aromatic heterocycles. The maximum atomic E-state index is 12.5. The molecule has 3 aromatic rings. The summed E-state index contributed by atoms with van der Waals surface area (Å²) in [6.45, 7) is 3.67. The first-order chi connectivity index (χ1) is 12.0. The van der Waals surface area contributed by atoms with Gasteiger partial charge in [0.15, 0.2) is 0 Å². The Labute approximate surface area is 154 Å². The standard InChI is InChI=1S/C17H15Cl2N5O/c1-10-6-8-12(9-7-10)16-21-23-24(22-16)11(2)17(25)20-15-13(18)4-3-5-14(15)19/h3-9,11H,1-2H3,(H,20,25). The van der Waals surface area contributed by atoms with Crippen LogP contribution in [-0.2, 0) is 4.79 Å². The van der Waals surface area contributed by atoms with Crippen LogP contribution < -0.4 is 5.32 Å². The van der Waals surface area contributed by atoms with Gasteiger partial charge in [-0.15, -0.1) is 10.2 Å². The number of hydrogen-bond acceptors (Lipinski definition) is 4. The van der Waals surface area contributed by atoms with Gasteiger partial charge in [-0.25, -0.2) is 0 Å². The number of aryl methyl sites for hydroxylation is 1. The molecule has 0 bridgehead atoms. The van der Waals surface area contributed by atoms with Gasteiger partial charge in [0.25, 0.3) is 5.91 Å². The second-order valence-electron chi connectivity index (χ2n) is 5.56. The van der Waals surface area contributed by atoms with Crippen molar-refractivity contribution in [2.24, 2.45) is 0 Å². The molecule has 0 aliphatic carbocycles. The van der Waals surface area contributed by atoms with Crippen LogP contribution in [0, 0.1) is 6.92 Å². The van der Waals surface area contributed by atoms with Gasteiger partial charge in [-0.3, -0.25) is 4.79 Å². The van der Waals surface area contributed by atoms with Crippen LogP contribution in [0.2, 0.25) is 10.0 Å². The van der Waals surface area contributed by atoms with Crippen LogP contribution in [0.1, 0.15) is 18.5 Å². The molecule has 1 N–H and O–H groups in total. The van der Waals surface area contributed by atoms with Crippen molar-refractivity contribution >= 4 is 34.8 Å². The number of halogens is 2. The van der Waals surface area contributed by atoms with Gasteiger partial charge in [-0.05, 0) is 31.2 Å². The molecule has 0 spiro atoms. The average molecular weight is 376 g/mol. The van der Waals surface area contributed by atoms with E-state index in [9.17, 15) is 4.79 Å². The maximum Gasteiger partial charge on any atom is 0.250 e. The summed E-state index contributed by atoms with van der Waals surface area (Å²) >= 11 is 12.1. The Morgan fingerprint density at radius 3 is 2.40 bits per heavy atom. The summed E-state index contributed by atoms with van der Waals surface area (Å²) in [6, 6.07) is 12.1. The summed E-state index contributed by atoms with van der Waals surface area (Å²) < 4.78 is 0. The fraction of sp³-hybridized carbons (Fsp3) is 0.176. The van der Waals surface area contributed by atoms with Crippen molar-refractivity contribution in [2.75, 3.05) is 5.32 Å². The SMILES string of the molecule is Cc1ccc(-c2nnn(C(C)C(=O)Nc3c(Cl)cccc3Cl)n2)cc1. The molecule has 6 nitrogen and oxygen atoms in total. The zero-order chi connectivity index (χ0) is 18.0. The van der Waals surface area contributed by atoms with E-state index in [-0.39, 0.29) is 5.91 Å². The molecule has 1 atom stereocenters. The number of hydrogen-bond donors (Lipinski definition) is 1. The number of carbonyl (C=O) groups excluding carboxylic acids is 1. The molecule has 128 valence electrons. The van der Waals surface area contributed by atoms with Gasteiger partial charge in [-0.1, -0.05) is 59.1 Å². The fourth-order valence-electron chi connectivity index (χ4n) is 2.16. The number of nitrogens with one attached hydrogen (secondary N) is 1. The molecular formula is C17H15Cl2N5O. The van der Waals surface area contributed by atoms with Gasteiger partial charge in [-0.2, -0.15) is 4.80 Å². The van der Waals surface area contributed by atoms with Gasteiger partial charge >= 0.3 is 0 Å². The van der Waals surface area contributed by atoms with E-state index < -0.39 is 6.04 Å². The molecule has 1 heterocycles. The molecule has 0 saturated carbocycles. The zero-order valence-electron chi connectivity index (χ0n) is 13.6. The number of nitrogens with zero attached hydrogens (tertiary/aromatic N) is 4. The van der Waals surface area contributed by atoms with Crippen LogP contribution in [0.4, 0.5) is 5.69 Å². The Bertz CT molecular complexity index is 887. The number of carbonyl (C=O) groups is 1. The van der Waals surface area contributed by atoms with E-state index in [1.807, 2.05) is 31.2 Å². The van der Waals surface area contributed by atoms with Crippen molar-refractivity contribution in [1.29, 1.82) is 0 Å². The molecule has 0 aliphatic rings. The third-order valence-corrected chi connectivity index (χ3v) is 4.30. The van der Waals surface area contributed by atoms with Crippen molar-refractivity contribution in [3.05, 3.63) is 58.1 Å². The summed E-state index contributed by atoms with van der Waals surface area (Å²) in [7, 11) is 0. The number of benzene rings is 2. The quantitative estimate of drug-likeness (QED) is 0.742. The first kappa shape index (κ1) is 17.4. The molecule has 1 amide bonds. The molecule has 8 heteroatoms. The predicted molar refractivity (Wildman–Crippen MR) is 97.8 cm³/mol. The van der Waals surface area contributed by atoms with Crippen LogP contribution in [-0.4, -0.2) is 26.1 Å². The number of rotatable bonds is 4. The number of anilines is 1. The van der Waals surface area contributed by atoms with E-state index >= 15 is 0 Å². The van der Waals surface area contributed by atoms with Crippen molar-refractivity contribution in [1.82, 2.24) is 20.2 Å². The Balaban J connectivity index is 1.78. The molecule has 0 aliphatic heterocycles. The number of tetrazole rings is 1. The number of para-hydroxylation sites is 1. The van der Waals surface area contributed by atoms with Gasteiger partial charge in [0, 0.05) is 5.56 Å². The highest BCUT2D eigenvalue weighted by molar-refractivity contribution is 6.39. The van der Waals surface area contributed by atoms with Crippen LogP contribution in [0.15, 0.2) is 42.5 Å². The van der Waals surface area contributed by atoms with Crippen LogP contribution in [0.5, 0.6) is 0 Å². The lowest BCUT2D eigenvalue weighted by Crippen LogP contribution is -2.25. The monoisotopic (exact) mass is 375 g/mol. The third-order valence-electron chi connectivity index (χ3n) is 3.67. The van der Waals surface area contributed by atoms with Crippen LogP contribution in [0.3, 0.4) is 0 Å². The van der Waals surface area contributed by atoms with Crippen molar-refractivity contribution in [3.63, 3.8) is 0 Å². The number of amides is 1. The molecule has 2 aromatic carbocycles. The first-order valence-electron chi connectivity index (χ1n) is 7.57. The lowest BCUT2D eigenvalue weighted by molar-refractivity contribution is -0.119. The topological polar surface area (TPSA) is 72.7 Å². The minimum atomic E-state index is -0.681. The normalized spacial score (nSPS) is 12.0. The maximum absolute atomic E-state index is 12.5. The van der Waals surface area contributed by atoms with Gasteiger partial charge < -0.3 is 5.32 Å². The van der Waals surface area contributed by atoms with E-state index in [0.717, 1.165) is 11.1 Å². The Morgan fingerprint density at radius 1 is 1.12 bits per heavy atom. The minimum absolute atomic E-state index is 0.345.